The van der Waals surface area contributed by atoms with Gasteiger partial charge in [-0.25, -0.2) is 4.79 Å². The van der Waals surface area contributed by atoms with Gasteiger partial charge in [0.2, 0.25) is 0 Å². The lowest BCUT2D eigenvalue weighted by atomic mass is 10.4. The molecule has 0 radical (unpaired) electrons. The molecule has 1 N–H and O–H groups in total. The molecular weight excluding hydrogens is 172 g/mol. The zero-order valence-electron chi connectivity index (χ0n) is 7.45. The molecule has 1 aromatic heterocycles. The minimum absolute atomic E-state index is 0.0827. The predicted molar refractivity (Wildman–Crippen MR) is 45.0 cm³/mol. The quantitative estimate of drug-likeness (QED) is 0.705. The van der Waals surface area contributed by atoms with Crippen molar-refractivity contribution < 1.29 is 19.1 Å². The Kier molecular flexibility index (Phi) is 3.52. The fourth-order valence-corrected chi connectivity index (χ4v) is 0.887. The van der Waals surface area contributed by atoms with Gasteiger partial charge in [-0.1, -0.05) is 6.92 Å². The summed E-state index contributed by atoms with van der Waals surface area (Å²) in [6, 6.07) is 3.59. The van der Waals surface area contributed by atoms with E-state index >= 15 is 0 Å². The largest absolute Gasteiger partial charge is 0.462 e. The van der Waals surface area contributed by atoms with Gasteiger partial charge in [-0.2, -0.15) is 0 Å². The predicted octanol–water partition coefficient (Wildman–Crippen LogP) is 0.877. The third kappa shape index (κ3) is 2.91. The Hall–Kier alpha value is -1.29. The highest BCUT2D eigenvalue weighted by Crippen LogP contribution is 2.09. The van der Waals surface area contributed by atoms with Gasteiger partial charge in [-0.05, 0) is 12.1 Å². The molecule has 4 nitrogen and oxygen atoms in total. The second kappa shape index (κ2) is 4.67. The number of esters is 1. The zero-order valence-corrected chi connectivity index (χ0v) is 7.45. The van der Waals surface area contributed by atoms with Gasteiger partial charge in [0, 0.05) is 6.42 Å². The molecule has 0 aliphatic carbocycles. The monoisotopic (exact) mass is 184 g/mol. The van der Waals surface area contributed by atoms with Gasteiger partial charge in [-0.15, -0.1) is 0 Å². The first-order chi connectivity index (χ1) is 6.26. The minimum Gasteiger partial charge on any atom is -0.462 e. The van der Waals surface area contributed by atoms with E-state index in [4.69, 9.17) is 9.52 Å². The maximum absolute atomic E-state index is 10.5. The van der Waals surface area contributed by atoms with Crippen molar-refractivity contribution >= 4 is 5.97 Å². The standard InChI is InChI=1S/C9H12O4/c1-2-7-3-4-8(13-7)6-12-9(11)5-10/h3-4,10H,2,5-6H2,1H3. The first-order valence-corrected chi connectivity index (χ1v) is 4.10. The van der Waals surface area contributed by atoms with Crippen LogP contribution < -0.4 is 0 Å². The Morgan fingerprint density at radius 1 is 1.54 bits per heavy atom. The van der Waals surface area contributed by atoms with Gasteiger partial charge in [0.15, 0.2) is 0 Å². The van der Waals surface area contributed by atoms with Crippen molar-refractivity contribution in [3.05, 3.63) is 23.7 Å². The van der Waals surface area contributed by atoms with Crippen molar-refractivity contribution in [2.45, 2.75) is 20.0 Å². The molecule has 13 heavy (non-hydrogen) atoms. The smallest absolute Gasteiger partial charge is 0.332 e. The molecule has 0 atom stereocenters. The van der Waals surface area contributed by atoms with E-state index in [0.717, 1.165) is 12.2 Å². The third-order valence-corrected chi connectivity index (χ3v) is 1.57. The molecular formula is C9H12O4. The van der Waals surface area contributed by atoms with E-state index in [1.807, 2.05) is 13.0 Å². The summed E-state index contributed by atoms with van der Waals surface area (Å²) >= 11 is 0. The van der Waals surface area contributed by atoms with Gasteiger partial charge >= 0.3 is 5.97 Å². The second-order valence-electron chi connectivity index (χ2n) is 2.54. The van der Waals surface area contributed by atoms with Crippen LogP contribution in [-0.2, 0) is 22.6 Å². The topological polar surface area (TPSA) is 59.7 Å². The Morgan fingerprint density at radius 2 is 2.23 bits per heavy atom. The molecule has 1 rings (SSSR count). The fraction of sp³-hybridized carbons (Fsp3) is 0.444. The van der Waals surface area contributed by atoms with E-state index in [1.54, 1.807) is 6.07 Å². The average molecular weight is 184 g/mol. The van der Waals surface area contributed by atoms with Crippen LogP contribution in [0.4, 0.5) is 0 Å². The van der Waals surface area contributed by atoms with Crippen molar-refractivity contribution in [1.29, 1.82) is 0 Å². The molecule has 72 valence electrons. The normalized spacial score (nSPS) is 10.0. The highest BCUT2D eigenvalue weighted by molar-refractivity contribution is 5.70. The van der Waals surface area contributed by atoms with E-state index in [2.05, 4.69) is 4.74 Å². The molecule has 0 spiro atoms. The summed E-state index contributed by atoms with van der Waals surface area (Å²) < 4.78 is 9.92. The van der Waals surface area contributed by atoms with Crippen LogP contribution in [0.1, 0.15) is 18.4 Å². The summed E-state index contributed by atoms with van der Waals surface area (Å²) in [5, 5.41) is 8.36. The molecule has 0 fully saturated rings. The highest BCUT2D eigenvalue weighted by atomic mass is 16.5. The van der Waals surface area contributed by atoms with Gasteiger partial charge in [-0.3, -0.25) is 0 Å². The van der Waals surface area contributed by atoms with E-state index in [1.165, 1.54) is 0 Å². The van der Waals surface area contributed by atoms with Gasteiger partial charge in [0.25, 0.3) is 0 Å². The van der Waals surface area contributed by atoms with Crippen LogP contribution in [0.25, 0.3) is 0 Å². The van der Waals surface area contributed by atoms with E-state index in [-0.39, 0.29) is 6.61 Å². The second-order valence-corrected chi connectivity index (χ2v) is 2.54. The van der Waals surface area contributed by atoms with Crippen LogP contribution in [0.15, 0.2) is 16.5 Å². The Labute approximate surface area is 76.1 Å². The van der Waals surface area contributed by atoms with Gasteiger partial charge in [0.1, 0.15) is 24.7 Å². The first kappa shape index (κ1) is 9.80. The number of aryl methyl sites for hydroxylation is 1. The number of aliphatic hydroxyl groups excluding tert-OH is 1. The van der Waals surface area contributed by atoms with Crippen molar-refractivity contribution in [2.24, 2.45) is 0 Å². The molecule has 0 aliphatic rings. The summed E-state index contributed by atoms with van der Waals surface area (Å²) in [7, 11) is 0. The van der Waals surface area contributed by atoms with Crippen LogP contribution in [-0.4, -0.2) is 17.7 Å². The first-order valence-electron chi connectivity index (χ1n) is 4.10. The zero-order chi connectivity index (χ0) is 9.68. The van der Waals surface area contributed by atoms with E-state index < -0.39 is 12.6 Å². The maximum Gasteiger partial charge on any atom is 0.332 e. The summed E-state index contributed by atoms with van der Waals surface area (Å²) in [6.45, 7) is 1.46. The summed E-state index contributed by atoms with van der Waals surface area (Å²) in [5.41, 5.74) is 0. The number of ether oxygens (including phenoxy) is 1. The molecule has 0 unspecified atom stereocenters. The molecule has 0 aromatic carbocycles. The SMILES string of the molecule is CCc1ccc(COC(=O)CO)o1. The third-order valence-electron chi connectivity index (χ3n) is 1.57. The Morgan fingerprint density at radius 3 is 2.77 bits per heavy atom. The van der Waals surface area contributed by atoms with Crippen molar-refractivity contribution in [2.75, 3.05) is 6.61 Å². The van der Waals surface area contributed by atoms with E-state index in [9.17, 15) is 4.79 Å². The minimum atomic E-state index is -0.644. The number of carbonyl (C=O) groups is 1. The molecule has 0 bridgehead atoms. The lowest BCUT2D eigenvalue weighted by Crippen LogP contribution is -2.08. The lowest BCUT2D eigenvalue weighted by Gasteiger charge is -1.98. The molecule has 0 amide bonds. The van der Waals surface area contributed by atoms with Gasteiger partial charge in [0.05, 0.1) is 0 Å². The van der Waals surface area contributed by atoms with Crippen LogP contribution in [0.3, 0.4) is 0 Å². The van der Waals surface area contributed by atoms with Crippen molar-refractivity contribution in [3.8, 4) is 0 Å². The fourth-order valence-electron chi connectivity index (χ4n) is 0.887. The molecule has 1 aromatic rings. The number of carbonyl (C=O) groups excluding carboxylic acids is 1. The Balaban J connectivity index is 2.41. The average Bonchev–Trinajstić information content (AvgIpc) is 2.61. The summed E-state index contributed by atoms with van der Waals surface area (Å²) in [4.78, 5) is 10.5. The molecule has 1 heterocycles. The number of aliphatic hydroxyl groups is 1. The summed E-state index contributed by atoms with van der Waals surface area (Å²) in [5.74, 6) is 0.808. The number of hydrogen-bond donors (Lipinski definition) is 1. The maximum atomic E-state index is 10.5. The van der Waals surface area contributed by atoms with Crippen LogP contribution in [0.5, 0.6) is 0 Å². The number of hydrogen-bond acceptors (Lipinski definition) is 4. The van der Waals surface area contributed by atoms with Crippen LogP contribution in [0.2, 0.25) is 0 Å². The lowest BCUT2D eigenvalue weighted by molar-refractivity contribution is -0.148. The Bertz CT molecular complexity index is 277. The van der Waals surface area contributed by atoms with E-state index in [0.29, 0.717) is 5.76 Å². The molecule has 0 aliphatic heterocycles. The van der Waals surface area contributed by atoms with Crippen LogP contribution >= 0.6 is 0 Å². The molecule has 4 heteroatoms. The number of furan rings is 1. The molecule has 0 saturated heterocycles. The van der Waals surface area contributed by atoms with Crippen molar-refractivity contribution in [3.63, 3.8) is 0 Å². The molecule has 0 saturated carbocycles. The van der Waals surface area contributed by atoms with Gasteiger partial charge < -0.3 is 14.3 Å². The number of rotatable bonds is 4. The van der Waals surface area contributed by atoms with Crippen molar-refractivity contribution in [1.82, 2.24) is 0 Å². The highest BCUT2D eigenvalue weighted by Gasteiger charge is 2.03. The van der Waals surface area contributed by atoms with Crippen LogP contribution in [0, 0.1) is 0 Å². The summed E-state index contributed by atoms with van der Waals surface area (Å²) in [6.07, 6.45) is 0.813.